The molecule has 0 fully saturated rings. The minimum absolute atomic E-state index is 0.00220. The molecule has 0 unspecified atom stereocenters. The molecular formula is C20H17N5O6. The molecule has 1 aromatic carbocycles. The second-order valence-corrected chi connectivity index (χ2v) is 6.30. The molecule has 11 nitrogen and oxygen atoms in total. The number of para-hydroxylation sites is 1. The highest BCUT2D eigenvalue weighted by atomic mass is 16.5. The summed E-state index contributed by atoms with van der Waals surface area (Å²) in [7, 11) is 2.90. The maximum atomic E-state index is 13.2. The van der Waals surface area contributed by atoms with Crippen LogP contribution in [0, 0.1) is 0 Å². The van der Waals surface area contributed by atoms with Crippen molar-refractivity contribution in [2.75, 3.05) is 14.2 Å². The van der Waals surface area contributed by atoms with Gasteiger partial charge in [0.05, 0.1) is 14.2 Å². The van der Waals surface area contributed by atoms with E-state index in [1.807, 2.05) is 0 Å². The Kier molecular flexibility index (Phi) is 5.22. The van der Waals surface area contributed by atoms with E-state index in [0.717, 1.165) is 10.9 Å². The maximum absolute atomic E-state index is 13.2. The molecule has 158 valence electrons. The van der Waals surface area contributed by atoms with Gasteiger partial charge in [0.2, 0.25) is 11.8 Å². The Labute approximate surface area is 174 Å². The van der Waals surface area contributed by atoms with Crippen LogP contribution in [0.4, 0.5) is 0 Å². The molecule has 0 aliphatic carbocycles. The van der Waals surface area contributed by atoms with Gasteiger partial charge in [-0.1, -0.05) is 12.1 Å². The van der Waals surface area contributed by atoms with Crippen LogP contribution >= 0.6 is 0 Å². The lowest BCUT2D eigenvalue weighted by molar-refractivity contribution is 0.389. The van der Waals surface area contributed by atoms with Gasteiger partial charge in [0, 0.05) is 12.3 Å². The number of aromatic hydroxyl groups is 1. The summed E-state index contributed by atoms with van der Waals surface area (Å²) in [5.74, 6) is -0.0316. The lowest BCUT2D eigenvalue weighted by atomic mass is 10.2. The summed E-state index contributed by atoms with van der Waals surface area (Å²) in [6, 6.07) is 9.70. The molecule has 3 aromatic heterocycles. The van der Waals surface area contributed by atoms with Crippen molar-refractivity contribution in [1.29, 1.82) is 0 Å². The van der Waals surface area contributed by atoms with Crippen LogP contribution in [-0.4, -0.2) is 43.6 Å². The minimum atomic E-state index is -0.678. The average molecular weight is 423 g/mol. The van der Waals surface area contributed by atoms with E-state index in [1.54, 1.807) is 36.5 Å². The van der Waals surface area contributed by atoms with Crippen LogP contribution in [0.5, 0.6) is 17.4 Å². The molecule has 0 amide bonds. The molecule has 3 heterocycles. The summed E-state index contributed by atoms with van der Waals surface area (Å²) in [5, 5.41) is 18.0. The van der Waals surface area contributed by atoms with Crippen LogP contribution in [0.3, 0.4) is 0 Å². The molecule has 0 bridgehead atoms. The van der Waals surface area contributed by atoms with Gasteiger partial charge in [-0.15, -0.1) is 10.2 Å². The lowest BCUT2D eigenvalue weighted by Gasteiger charge is -2.15. The van der Waals surface area contributed by atoms with Gasteiger partial charge in [-0.05, 0) is 18.2 Å². The normalized spacial score (nSPS) is 10.8. The standard InChI is InChI=1S/C20H17N5O6/c1-29-12-6-5-7-13(30-2)17(12)25-11-21-18(27)16(20(25)28)19-23-22-14(31-19)10-24-9-4-3-8-15(24)26/h3-9,11,27H,10H2,1-2H3. The maximum Gasteiger partial charge on any atom is 0.274 e. The summed E-state index contributed by atoms with van der Waals surface area (Å²) in [5.41, 5.74) is -0.934. The zero-order chi connectivity index (χ0) is 22.0. The number of aromatic nitrogens is 5. The van der Waals surface area contributed by atoms with Crippen LogP contribution < -0.4 is 20.6 Å². The van der Waals surface area contributed by atoms with Crippen molar-refractivity contribution in [2.24, 2.45) is 0 Å². The van der Waals surface area contributed by atoms with E-state index in [-0.39, 0.29) is 29.4 Å². The van der Waals surface area contributed by atoms with Crippen LogP contribution in [0.1, 0.15) is 5.89 Å². The first-order chi connectivity index (χ1) is 15.0. The molecule has 0 radical (unpaired) electrons. The zero-order valence-corrected chi connectivity index (χ0v) is 16.6. The first kappa shape index (κ1) is 19.9. The number of ether oxygens (including phenoxy) is 2. The predicted molar refractivity (Wildman–Crippen MR) is 108 cm³/mol. The van der Waals surface area contributed by atoms with Crippen molar-refractivity contribution < 1.29 is 19.0 Å². The number of nitrogens with zero attached hydrogens (tertiary/aromatic N) is 5. The molecule has 0 saturated carbocycles. The average Bonchev–Trinajstić information content (AvgIpc) is 3.23. The summed E-state index contributed by atoms with van der Waals surface area (Å²) in [6.45, 7) is 0.00220. The summed E-state index contributed by atoms with van der Waals surface area (Å²) < 4.78 is 18.7. The molecular weight excluding hydrogens is 406 g/mol. The number of hydrogen-bond acceptors (Lipinski definition) is 9. The molecule has 0 aliphatic heterocycles. The number of pyridine rings is 1. The molecule has 1 N–H and O–H groups in total. The molecule has 0 aliphatic rings. The van der Waals surface area contributed by atoms with E-state index in [4.69, 9.17) is 13.9 Å². The lowest BCUT2D eigenvalue weighted by Crippen LogP contribution is -2.22. The molecule has 0 atom stereocenters. The van der Waals surface area contributed by atoms with Gasteiger partial charge in [-0.2, -0.15) is 0 Å². The van der Waals surface area contributed by atoms with Gasteiger partial charge in [0.15, 0.2) is 5.56 Å². The van der Waals surface area contributed by atoms with Crippen molar-refractivity contribution in [1.82, 2.24) is 24.3 Å². The number of hydrogen-bond donors (Lipinski definition) is 1. The molecule has 0 saturated heterocycles. The van der Waals surface area contributed by atoms with Crippen LogP contribution in [-0.2, 0) is 6.54 Å². The predicted octanol–water partition coefficient (Wildman–Crippen LogP) is 1.22. The van der Waals surface area contributed by atoms with Crippen molar-refractivity contribution in [2.45, 2.75) is 6.54 Å². The fraction of sp³-hybridized carbons (Fsp3) is 0.150. The Morgan fingerprint density at radius 2 is 1.77 bits per heavy atom. The highest BCUT2D eigenvalue weighted by molar-refractivity contribution is 5.62. The van der Waals surface area contributed by atoms with E-state index in [0.29, 0.717) is 17.2 Å². The van der Waals surface area contributed by atoms with Crippen LogP contribution in [0.25, 0.3) is 17.1 Å². The molecule has 4 aromatic rings. The van der Waals surface area contributed by atoms with E-state index >= 15 is 0 Å². The Hall–Kier alpha value is -4.41. The van der Waals surface area contributed by atoms with Gasteiger partial charge < -0.3 is 23.6 Å². The fourth-order valence-electron chi connectivity index (χ4n) is 3.02. The monoisotopic (exact) mass is 423 g/mol. The fourth-order valence-corrected chi connectivity index (χ4v) is 3.02. The number of methoxy groups -OCH3 is 2. The SMILES string of the molecule is COc1cccc(OC)c1-n1cnc(O)c(-c2nnc(Cn3ccccc3=O)o2)c1=O. The second-order valence-electron chi connectivity index (χ2n) is 6.30. The molecule has 4 rings (SSSR count). The van der Waals surface area contributed by atoms with Crippen molar-refractivity contribution in [3.8, 4) is 34.5 Å². The van der Waals surface area contributed by atoms with E-state index in [1.165, 1.54) is 24.9 Å². The van der Waals surface area contributed by atoms with E-state index in [2.05, 4.69) is 15.2 Å². The van der Waals surface area contributed by atoms with E-state index < -0.39 is 11.4 Å². The Bertz CT molecular complexity index is 1330. The third-order valence-corrected chi connectivity index (χ3v) is 4.48. The van der Waals surface area contributed by atoms with Crippen molar-refractivity contribution >= 4 is 0 Å². The topological polar surface area (TPSA) is 134 Å². The summed E-state index contributed by atoms with van der Waals surface area (Å²) >= 11 is 0. The van der Waals surface area contributed by atoms with Crippen LogP contribution in [0.2, 0.25) is 0 Å². The van der Waals surface area contributed by atoms with Crippen molar-refractivity contribution in [3.63, 3.8) is 0 Å². The van der Waals surface area contributed by atoms with Gasteiger partial charge in [-0.25, -0.2) is 4.98 Å². The molecule has 11 heteroatoms. The van der Waals surface area contributed by atoms with Gasteiger partial charge >= 0.3 is 0 Å². The van der Waals surface area contributed by atoms with Gasteiger partial charge in [0.25, 0.3) is 17.0 Å². The Balaban J connectivity index is 1.81. The van der Waals surface area contributed by atoms with Gasteiger partial charge in [0.1, 0.15) is 30.1 Å². The Morgan fingerprint density at radius 1 is 1.03 bits per heavy atom. The largest absolute Gasteiger partial charge is 0.494 e. The Morgan fingerprint density at radius 3 is 2.45 bits per heavy atom. The molecule has 0 spiro atoms. The van der Waals surface area contributed by atoms with Gasteiger partial charge in [-0.3, -0.25) is 14.2 Å². The van der Waals surface area contributed by atoms with Crippen molar-refractivity contribution in [3.05, 3.63) is 75.5 Å². The third-order valence-electron chi connectivity index (χ3n) is 4.48. The summed E-state index contributed by atoms with van der Waals surface area (Å²) in [6.07, 6.45) is 2.71. The number of rotatable bonds is 6. The van der Waals surface area contributed by atoms with E-state index in [9.17, 15) is 14.7 Å². The first-order valence-corrected chi connectivity index (χ1v) is 9.03. The second kappa shape index (κ2) is 8.14. The minimum Gasteiger partial charge on any atom is -0.494 e. The van der Waals surface area contributed by atoms with Crippen LogP contribution in [0.15, 0.2) is 62.9 Å². The quantitative estimate of drug-likeness (QED) is 0.485. The first-order valence-electron chi connectivity index (χ1n) is 9.03. The molecule has 31 heavy (non-hydrogen) atoms. The zero-order valence-electron chi connectivity index (χ0n) is 16.6. The number of benzene rings is 1. The highest BCUT2D eigenvalue weighted by Crippen LogP contribution is 2.32. The highest BCUT2D eigenvalue weighted by Gasteiger charge is 2.23. The summed E-state index contributed by atoms with van der Waals surface area (Å²) in [4.78, 5) is 29.0. The third kappa shape index (κ3) is 3.64. The smallest absolute Gasteiger partial charge is 0.274 e.